The fourth-order valence-corrected chi connectivity index (χ4v) is 2.20. The van der Waals surface area contributed by atoms with Crippen LogP contribution in [0.2, 0.25) is 0 Å². The monoisotopic (exact) mass is 282 g/mol. The van der Waals surface area contributed by atoms with Crippen molar-refractivity contribution in [2.45, 2.75) is 11.3 Å². The van der Waals surface area contributed by atoms with Crippen molar-refractivity contribution in [1.29, 1.82) is 0 Å². The van der Waals surface area contributed by atoms with Gasteiger partial charge in [0.15, 0.2) is 0 Å². The summed E-state index contributed by atoms with van der Waals surface area (Å²) in [6, 6.07) is 1.38. The van der Waals surface area contributed by atoms with E-state index in [1.807, 2.05) is 0 Å². The Morgan fingerprint density at radius 3 is 2.79 bits per heavy atom. The predicted molar refractivity (Wildman–Crippen MR) is 69.2 cm³/mol. The number of nitrogens with one attached hydrogen (secondary N) is 1. The highest BCUT2D eigenvalue weighted by molar-refractivity contribution is 7.89. The molecule has 1 amide bonds. The molecule has 0 aliphatic heterocycles. The van der Waals surface area contributed by atoms with E-state index in [0.29, 0.717) is 5.56 Å². The Bertz CT molecular complexity index is 616. The van der Waals surface area contributed by atoms with Gasteiger partial charge in [-0.1, -0.05) is 11.8 Å². The average molecular weight is 282 g/mol. The van der Waals surface area contributed by atoms with Gasteiger partial charge in [-0.05, 0) is 6.07 Å². The number of aromatic nitrogens is 1. The van der Waals surface area contributed by atoms with Crippen LogP contribution >= 0.6 is 0 Å². The molecule has 0 fully saturated rings. The fraction of sp³-hybridized carbons (Fsp3) is 0.273. The first kappa shape index (κ1) is 15.1. The molecule has 1 aromatic rings. The van der Waals surface area contributed by atoms with Crippen molar-refractivity contribution in [3.63, 3.8) is 0 Å². The van der Waals surface area contributed by atoms with E-state index in [1.165, 1.54) is 18.5 Å². The molecule has 0 bridgehead atoms. The van der Waals surface area contributed by atoms with E-state index in [2.05, 4.69) is 21.5 Å². The number of pyridine rings is 1. The molecule has 0 radical (unpaired) electrons. The Hall–Kier alpha value is -1.95. The summed E-state index contributed by atoms with van der Waals surface area (Å²) in [6.45, 7) is 0.115. The predicted octanol–water partition coefficient (Wildman–Crippen LogP) is -1.45. The van der Waals surface area contributed by atoms with Crippen LogP contribution in [0.1, 0.15) is 12.0 Å². The molecule has 7 nitrogen and oxygen atoms in total. The highest BCUT2D eigenvalue weighted by Gasteiger charge is 2.14. The van der Waals surface area contributed by atoms with Gasteiger partial charge in [0.1, 0.15) is 4.90 Å². The second-order valence-electron chi connectivity index (χ2n) is 3.53. The Morgan fingerprint density at radius 1 is 1.42 bits per heavy atom. The van der Waals surface area contributed by atoms with Gasteiger partial charge in [-0.15, -0.1) is 0 Å². The zero-order chi connectivity index (χ0) is 14.3. The van der Waals surface area contributed by atoms with Crippen molar-refractivity contribution in [3.05, 3.63) is 24.0 Å². The summed E-state index contributed by atoms with van der Waals surface area (Å²) < 4.78 is 26.0. The maximum Gasteiger partial charge on any atom is 0.242 e. The van der Waals surface area contributed by atoms with E-state index in [4.69, 9.17) is 11.5 Å². The van der Waals surface area contributed by atoms with Crippen LogP contribution in [0.4, 0.5) is 0 Å². The summed E-state index contributed by atoms with van der Waals surface area (Å²) in [4.78, 5) is 14.3. The molecule has 19 heavy (non-hydrogen) atoms. The molecule has 0 aliphatic rings. The molecule has 0 spiro atoms. The molecule has 0 unspecified atom stereocenters. The molecule has 0 saturated heterocycles. The number of sulfonamides is 1. The molecular formula is C11H14N4O3S. The lowest BCUT2D eigenvalue weighted by atomic mass is 10.3. The van der Waals surface area contributed by atoms with Crippen molar-refractivity contribution in [2.24, 2.45) is 11.5 Å². The highest BCUT2D eigenvalue weighted by Crippen LogP contribution is 2.08. The molecule has 0 aliphatic carbocycles. The van der Waals surface area contributed by atoms with E-state index < -0.39 is 15.9 Å². The van der Waals surface area contributed by atoms with Gasteiger partial charge in [-0.3, -0.25) is 9.78 Å². The van der Waals surface area contributed by atoms with E-state index in [9.17, 15) is 13.2 Å². The van der Waals surface area contributed by atoms with Gasteiger partial charge < -0.3 is 11.5 Å². The minimum Gasteiger partial charge on any atom is -0.370 e. The zero-order valence-electron chi connectivity index (χ0n) is 10.1. The number of primary amides is 1. The second kappa shape index (κ2) is 6.84. The van der Waals surface area contributed by atoms with Crippen LogP contribution in [0, 0.1) is 11.8 Å². The van der Waals surface area contributed by atoms with Gasteiger partial charge >= 0.3 is 0 Å². The summed E-state index contributed by atoms with van der Waals surface area (Å²) in [5, 5.41) is 0. The fourth-order valence-electron chi connectivity index (χ4n) is 1.18. The minimum absolute atomic E-state index is 0.0270. The third-order valence-electron chi connectivity index (χ3n) is 2.02. The number of amides is 1. The number of carbonyl (C=O) groups excluding carboxylic acids is 1. The van der Waals surface area contributed by atoms with Crippen molar-refractivity contribution >= 4 is 15.9 Å². The average Bonchev–Trinajstić information content (AvgIpc) is 2.36. The summed E-state index contributed by atoms with van der Waals surface area (Å²) in [5.74, 6) is 4.71. The van der Waals surface area contributed by atoms with Crippen molar-refractivity contribution in [2.75, 3.05) is 13.1 Å². The van der Waals surface area contributed by atoms with Crippen LogP contribution in [-0.4, -0.2) is 32.4 Å². The smallest absolute Gasteiger partial charge is 0.242 e. The number of rotatable bonds is 5. The maximum atomic E-state index is 11.9. The normalized spacial score (nSPS) is 10.6. The van der Waals surface area contributed by atoms with E-state index in [-0.39, 0.29) is 24.4 Å². The lowest BCUT2D eigenvalue weighted by Crippen LogP contribution is -2.28. The topological polar surface area (TPSA) is 128 Å². The molecule has 1 aromatic heterocycles. The SMILES string of the molecule is NCC#Cc1cncc(S(=O)(=O)NCCC(N)=O)c1. The van der Waals surface area contributed by atoms with E-state index >= 15 is 0 Å². The highest BCUT2D eigenvalue weighted by atomic mass is 32.2. The summed E-state index contributed by atoms with van der Waals surface area (Å²) in [7, 11) is -3.72. The van der Waals surface area contributed by atoms with Crippen LogP contribution < -0.4 is 16.2 Å². The Balaban J connectivity index is 2.86. The zero-order valence-corrected chi connectivity index (χ0v) is 10.9. The van der Waals surface area contributed by atoms with Crippen LogP contribution in [-0.2, 0) is 14.8 Å². The first-order chi connectivity index (χ1) is 8.95. The van der Waals surface area contributed by atoms with Crippen molar-refractivity contribution in [1.82, 2.24) is 9.71 Å². The summed E-state index contributed by atoms with van der Waals surface area (Å²) in [6.07, 6.45) is 2.56. The Morgan fingerprint density at radius 2 is 2.16 bits per heavy atom. The van der Waals surface area contributed by atoms with Gasteiger partial charge in [0.05, 0.1) is 6.54 Å². The van der Waals surface area contributed by atoms with Crippen molar-refractivity contribution in [3.8, 4) is 11.8 Å². The van der Waals surface area contributed by atoms with Crippen LogP contribution in [0.15, 0.2) is 23.4 Å². The standard InChI is InChI=1S/C11H14N4O3S/c12-4-1-2-9-6-10(8-14-7-9)19(17,18)15-5-3-11(13)16/h6-8,15H,3-5,12H2,(H2,13,16). The molecule has 0 aromatic carbocycles. The van der Waals surface area contributed by atoms with Gasteiger partial charge in [-0.2, -0.15) is 0 Å². The molecule has 0 atom stereocenters. The summed E-state index contributed by atoms with van der Waals surface area (Å²) >= 11 is 0. The van der Waals surface area contributed by atoms with Gasteiger partial charge in [0, 0.05) is 30.9 Å². The van der Waals surface area contributed by atoms with Gasteiger partial charge in [0.2, 0.25) is 15.9 Å². The second-order valence-corrected chi connectivity index (χ2v) is 5.30. The number of carbonyl (C=O) groups is 1. The van der Waals surface area contributed by atoms with Crippen LogP contribution in [0.25, 0.3) is 0 Å². The molecule has 102 valence electrons. The minimum atomic E-state index is -3.72. The largest absolute Gasteiger partial charge is 0.370 e. The number of hydrogen-bond acceptors (Lipinski definition) is 5. The molecule has 5 N–H and O–H groups in total. The lowest BCUT2D eigenvalue weighted by molar-refractivity contribution is -0.117. The first-order valence-electron chi connectivity index (χ1n) is 5.37. The van der Waals surface area contributed by atoms with E-state index in [0.717, 1.165) is 0 Å². The van der Waals surface area contributed by atoms with Gasteiger partial charge in [0.25, 0.3) is 0 Å². The van der Waals surface area contributed by atoms with Crippen molar-refractivity contribution < 1.29 is 13.2 Å². The molecule has 0 saturated carbocycles. The van der Waals surface area contributed by atoms with Crippen LogP contribution in [0.5, 0.6) is 0 Å². The molecular weight excluding hydrogens is 268 g/mol. The third-order valence-corrected chi connectivity index (χ3v) is 3.45. The molecule has 8 heteroatoms. The van der Waals surface area contributed by atoms with Crippen LogP contribution in [0.3, 0.4) is 0 Å². The number of nitrogens with two attached hydrogens (primary N) is 2. The first-order valence-corrected chi connectivity index (χ1v) is 6.86. The maximum absolute atomic E-state index is 11.9. The quantitative estimate of drug-likeness (QED) is 0.569. The number of hydrogen-bond donors (Lipinski definition) is 3. The Kier molecular flexibility index (Phi) is 5.44. The summed E-state index contributed by atoms with van der Waals surface area (Å²) in [5.41, 5.74) is 10.6. The lowest BCUT2D eigenvalue weighted by Gasteiger charge is -2.05. The molecule has 1 rings (SSSR count). The van der Waals surface area contributed by atoms with Gasteiger partial charge in [-0.25, -0.2) is 13.1 Å². The molecule has 1 heterocycles. The third kappa shape index (κ3) is 5.05. The number of nitrogens with zero attached hydrogens (tertiary/aromatic N) is 1. The van der Waals surface area contributed by atoms with E-state index in [1.54, 1.807) is 0 Å². The Labute approximate surface area is 111 Å².